The summed E-state index contributed by atoms with van der Waals surface area (Å²) in [5.41, 5.74) is -1.08. The van der Waals surface area contributed by atoms with Crippen molar-refractivity contribution in [2.45, 2.75) is 51.1 Å². The van der Waals surface area contributed by atoms with Gasteiger partial charge < -0.3 is 14.2 Å². The Morgan fingerprint density at radius 1 is 1.30 bits per heavy atom. The van der Waals surface area contributed by atoms with Gasteiger partial charge in [-0.2, -0.15) is 0 Å². The zero-order chi connectivity index (χ0) is 16.8. The van der Waals surface area contributed by atoms with Crippen LogP contribution in [0, 0.1) is 0 Å². The van der Waals surface area contributed by atoms with Crippen LogP contribution in [0.3, 0.4) is 0 Å². The molecule has 2 aliphatic heterocycles. The second-order valence-corrected chi connectivity index (χ2v) is 6.04. The molecule has 4 atom stereocenters. The van der Waals surface area contributed by atoms with Crippen LogP contribution in [0.2, 0.25) is 0 Å². The van der Waals surface area contributed by atoms with Gasteiger partial charge in [0.15, 0.2) is 17.8 Å². The van der Waals surface area contributed by atoms with Gasteiger partial charge in [-0.3, -0.25) is 19.1 Å². The van der Waals surface area contributed by atoms with Crippen molar-refractivity contribution in [3.8, 4) is 0 Å². The van der Waals surface area contributed by atoms with E-state index in [2.05, 4.69) is 4.98 Å². The highest BCUT2D eigenvalue weighted by molar-refractivity contribution is 5.87. The van der Waals surface area contributed by atoms with E-state index in [1.807, 2.05) is 0 Å². The Hall–Kier alpha value is -2.03. The van der Waals surface area contributed by atoms with Crippen LogP contribution in [-0.4, -0.2) is 39.4 Å². The summed E-state index contributed by atoms with van der Waals surface area (Å²) >= 11 is 0. The van der Waals surface area contributed by atoms with E-state index in [1.54, 1.807) is 19.9 Å². The van der Waals surface area contributed by atoms with E-state index >= 15 is 0 Å². The summed E-state index contributed by atoms with van der Waals surface area (Å²) in [5, 5.41) is 0. The van der Waals surface area contributed by atoms with E-state index in [4.69, 9.17) is 14.2 Å². The lowest BCUT2D eigenvalue weighted by atomic mass is 10.1. The lowest BCUT2D eigenvalue weighted by Crippen LogP contribution is -2.37. The number of ether oxygens (including phenoxy) is 3. The number of hydrogen-bond acceptors (Lipinski definition) is 6. The average Bonchev–Trinajstić information content (AvgIpc) is 2.90. The van der Waals surface area contributed by atoms with Crippen molar-refractivity contribution in [3.63, 3.8) is 0 Å². The van der Waals surface area contributed by atoms with E-state index in [0.29, 0.717) is 0 Å². The number of fused-ring (bicyclic) bond motifs is 1. The van der Waals surface area contributed by atoms with Gasteiger partial charge in [0.25, 0.3) is 5.56 Å². The van der Waals surface area contributed by atoms with E-state index in [-0.39, 0.29) is 5.78 Å². The smallest absolute Gasteiger partial charge is 0.330 e. The lowest BCUT2D eigenvalue weighted by molar-refractivity contribution is -0.192. The summed E-state index contributed by atoms with van der Waals surface area (Å²) in [6.07, 6.45) is 2.08. The second kappa shape index (κ2) is 5.55. The van der Waals surface area contributed by atoms with Gasteiger partial charge in [0.2, 0.25) is 0 Å². The molecule has 2 fully saturated rings. The summed E-state index contributed by atoms with van der Waals surface area (Å²) in [4.78, 5) is 36.6. The summed E-state index contributed by atoms with van der Waals surface area (Å²) < 4.78 is 18.8. The minimum atomic E-state index is -0.828. The zero-order valence-corrected chi connectivity index (χ0v) is 13.0. The molecule has 3 heterocycles. The van der Waals surface area contributed by atoms with Crippen LogP contribution in [0.25, 0.3) is 0 Å². The first-order chi connectivity index (χ1) is 10.8. The molecule has 3 rings (SSSR count). The third-order valence-corrected chi connectivity index (χ3v) is 3.71. The average molecular weight is 322 g/mol. The van der Waals surface area contributed by atoms with Crippen LogP contribution in [0.1, 0.15) is 27.0 Å². The summed E-state index contributed by atoms with van der Waals surface area (Å²) in [6.45, 7) is 4.97. The molecule has 0 aliphatic carbocycles. The number of aromatic nitrogens is 2. The van der Waals surface area contributed by atoms with Gasteiger partial charge in [-0.25, -0.2) is 4.79 Å². The predicted molar refractivity (Wildman–Crippen MR) is 78.9 cm³/mol. The van der Waals surface area contributed by atoms with Gasteiger partial charge in [0.05, 0.1) is 0 Å². The molecule has 0 saturated carbocycles. The Balaban J connectivity index is 1.96. The Morgan fingerprint density at radius 3 is 2.65 bits per heavy atom. The highest BCUT2D eigenvalue weighted by Gasteiger charge is 2.55. The van der Waals surface area contributed by atoms with Crippen molar-refractivity contribution in [3.05, 3.63) is 45.3 Å². The molecule has 0 spiro atoms. The quantitative estimate of drug-likeness (QED) is 0.792. The van der Waals surface area contributed by atoms with Crippen molar-refractivity contribution in [1.29, 1.82) is 0 Å². The Kier molecular flexibility index (Phi) is 3.83. The molecule has 8 heteroatoms. The molecule has 1 aromatic rings. The Morgan fingerprint density at radius 2 is 2.00 bits per heavy atom. The van der Waals surface area contributed by atoms with E-state index in [9.17, 15) is 14.4 Å². The molecule has 2 aliphatic rings. The Labute approximate surface area is 131 Å². The molecular weight excluding hydrogens is 304 g/mol. The third-order valence-electron chi connectivity index (χ3n) is 3.71. The molecule has 0 amide bonds. The van der Waals surface area contributed by atoms with Crippen LogP contribution in [0.15, 0.2) is 34.0 Å². The van der Waals surface area contributed by atoms with Gasteiger partial charge in [-0.05, 0) is 32.9 Å². The maximum atomic E-state index is 12.0. The molecule has 1 N–H and O–H groups in total. The molecule has 0 aromatic carbocycles. The molecule has 0 radical (unpaired) electrons. The zero-order valence-electron chi connectivity index (χ0n) is 13.0. The first kappa shape index (κ1) is 15.9. The van der Waals surface area contributed by atoms with Crippen LogP contribution >= 0.6 is 0 Å². The predicted octanol–water partition coefficient (Wildman–Crippen LogP) is 0.0993. The van der Waals surface area contributed by atoms with Gasteiger partial charge in [0.1, 0.15) is 18.3 Å². The van der Waals surface area contributed by atoms with E-state index in [0.717, 1.165) is 0 Å². The largest absolute Gasteiger partial charge is 0.345 e. The highest BCUT2D eigenvalue weighted by Crippen LogP contribution is 2.42. The van der Waals surface area contributed by atoms with Gasteiger partial charge in [-0.1, -0.05) is 0 Å². The summed E-state index contributed by atoms with van der Waals surface area (Å²) in [5.74, 6) is -0.946. The standard InChI is InChI=1S/C15H18N2O6/c1-8(18)4-5-9-11-12(23-15(2,3)22-11)13(21-9)17-7-6-10(19)16-14(17)20/h4-7,9,11-13H,1-3H3,(H,16,19,20)/b5-4-. The molecule has 124 valence electrons. The lowest BCUT2D eigenvalue weighted by Gasteiger charge is -2.24. The fraction of sp³-hybridized carbons (Fsp3) is 0.533. The third kappa shape index (κ3) is 3.05. The topological polar surface area (TPSA) is 99.6 Å². The van der Waals surface area contributed by atoms with Gasteiger partial charge in [-0.15, -0.1) is 0 Å². The van der Waals surface area contributed by atoms with Gasteiger partial charge in [0, 0.05) is 12.3 Å². The van der Waals surface area contributed by atoms with E-state index < -0.39 is 41.6 Å². The van der Waals surface area contributed by atoms with Crippen molar-refractivity contribution in [2.75, 3.05) is 0 Å². The maximum absolute atomic E-state index is 12.0. The number of hydrogen-bond donors (Lipinski definition) is 1. The highest BCUT2D eigenvalue weighted by atomic mass is 16.8. The number of carbonyl (C=O) groups is 1. The minimum Gasteiger partial charge on any atom is -0.345 e. The summed E-state index contributed by atoms with van der Waals surface area (Å²) in [6, 6.07) is 1.24. The van der Waals surface area contributed by atoms with Crippen LogP contribution < -0.4 is 11.2 Å². The molecule has 1 aromatic heterocycles. The number of ketones is 1. The monoisotopic (exact) mass is 322 g/mol. The van der Waals surface area contributed by atoms with Gasteiger partial charge >= 0.3 is 5.69 Å². The number of H-pyrrole nitrogens is 1. The fourth-order valence-corrected chi connectivity index (χ4v) is 2.84. The minimum absolute atomic E-state index is 0.118. The van der Waals surface area contributed by atoms with E-state index in [1.165, 1.54) is 29.8 Å². The van der Waals surface area contributed by atoms with Crippen molar-refractivity contribution in [2.24, 2.45) is 0 Å². The number of aromatic amines is 1. The summed E-state index contributed by atoms with van der Waals surface area (Å²) in [7, 11) is 0. The molecule has 2 saturated heterocycles. The Bertz CT molecular complexity index is 762. The normalized spacial score (nSPS) is 32.3. The van der Waals surface area contributed by atoms with Crippen molar-refractivity contribution < 1.29 is 19.0 Å². The number of nitrogens with one attached hydrogen (secondary N) is 1. The molecular formula is C15H18N2O6. The maximum Gasteiger partial charge on any atom is 0.330 e. The SMILES string of the molecule is CC(=O)/C=C\C1OC(n2ccc(=O)[nH]c2=O)C2OC(C)(C)OC12. The number of nitrogens with zero attached hydrogens (tertiary/aromatic N) is 1. The first-order valence-electron chi connectivity index (χ1n) is 7.28. The van der Waals surface area contributed by atoms with Crippen molar-refractivity contribution >= 4 is 5.78 Å². The van der Waals surface area contributed by atoms with Crippen LogP contribution in [-0.2, 0) is 19.0 Å². The van der Waals surface area contributed by atoms with Crippen LogP contribution in [0.4, 0.5) is 0 Å². The second-order valence-electron chi connectivity index (χ2n) is 6.04. The van der Waals surface area contributed by atoms with Crippen molar-refractivity contribution in [1.82, 2.24) is 9.55 Å². The van der Waals surface area contributed by atoms with Crippen LogP contribution in [0.5, 0.6) is 0 Å². The molecule has 4 unspecified atom stereocenters. The molecule has 23 heavy (non-hydrogen) atoms. The number of allylic oxidation sites excluding steroid dienone is 1. The molecule has 0 bridgehead atoms. The first-order valence-corrected chi connectivity index (χ1v) is 7.28. The molecule has 8 nitrogen and oxygen atoms in total. The fourth-order valence-electron chi connectivity index (χ4n) is 2.84. The number of rotatable bonds is 3. The number of carbonyl (C=O) groups excluding carboxylic acids is 1.